The molecule has 26 heavy (non-hydrogen) atoms. The van der Waals surface area contributed by atoms with Gasteiger partial charge in [0.1, 0.15) is 5.82 Å². The fourth-order valence-electron chi connectivity index (χ4n) is 3.07. The number of nitrogens with zero attached hydrogens (tertiary/aromatic N) is 2. The molecule has 0 saturated carbocycles. The van der Waals surface area contributed by atoms with Crippen LogP contribution in [-0.4, -0.2) is 20.8 Å². The molecule has 3 aromatic rings. The van der Waals surface area contributed by atoms with Crippen LogP contribution in [-0.2, 0) is 6.54 Å². The summed E-state index contributed by atoms with van der Waals surface area (Å²) >= 11 is 0. The third-order valence-electron chi connectivity index (χ3n) is 4.35. The molecule has 0 radical (unpaired) electrons. The molecule has 1 heterocycles. The van der Waals surface area contributed by atoms with Gasteiger partial charge in [0.15, 0.2) is 0 Å². The average Bonchev–Trinajstić information content (AvgIpc) is 2.97. The lowest BCUT2D eigenvalue weighted by molar-refractivity contribution is 0.184. The molecule has 0 saturated heterocycles. The highest BCUT2D eigenvalue weighted by atomic mass is 16.4. The van der Waals surface area contributed by atoms with E-state index in [4.69, 9.17) is 11.4 Å². The SMILES string of the molecule is C#Cc1ccc2c(c1)nc(C(NC(=O)O)C(C)C)n2Cc1ccccc1. The number of benzene rings is 2. The highest BCUT2D eigenvalue weighted by molar-refractivity contribution is 5.78. The van der Waals surface area contributed by atoms with E-state index < -0.39 is 12.1 Å². The van der Waals surface area contributed by atoms with Gasteiger partial charge in [-0.2, -0.15) is 0 Å². The first-order valence-corrected chi connectivity index (χ1v) is 8.49. The van der Waals surface area contributed by atoms with E-state index in [0.717, 1.165) is 22.2 Å². The van der Waals surface area contributed by atoms with E-state index >= 15 is 0 Å². The third-order valence-corrected chi connectivity index (χ3v) is 4.35. The monoisotopic (exact) mass is 347 g/mol. The number of terminal acetylenes is 1. The summed E-state index contributed by atoms with van der Waals surface area (Å²) in [7, 11) is 0. The average molecular weight is 347 g/mol. The van der Waals surface area contributed by atoms with Crippen LogP contribution in [0.3, 0.4) is 0 Å². The zero-order chi connectivity index (χ0) is 18.7. The summed E-state index contributed by atoms with van der Waals surface area (Å²) in [6.45, 7) is 4.55. The predicted molar refractivity (Wildman–Crippen MR) is 102 cm³/mol. The molecular formula is C21H21N3O2. The minimum Gasteiger partial charge on any atom is -0.465 e. The second-order valence-electron chi connectivity index (χ2n) is 6.56. The molecule has 2 aromatic carbocycles. The largest absolute Gasteiger partial charge is 0.465 e. The van der Waals surface area contributed by atoms with Crippen molar-refractivity contribution < 1.29 is 9.90 Å². The maximum atomic E-state index is 11.3. The third kappa shape index (κ3) is 3.55. The first kappa shape index (κ1) is 17.6. The summed E-state index contributed by atoms with van der Waals surface area (Å²) in [5.74, 6) is 3.36. The maximum absolute atomic E-state index is 11.3. The van der Waals surface area contributed by atoms with Crippen LogP contribution in [0.15, 0.2) is 48.5 Å². The molecule has 1 atom stereocenters. The molecule has 5 heteroatoms. The standard InChI is InChI=1S/C21H21N3O2/c1-4-15-10-11-18-17(12-15)22-20(19(14(2)3)23-21(25)26)24(18)13-16-8-6-5-7-9-16/h1,5-12,14,19,23H,13H2,2-3H3,(H,25,26). The lowest BCUT2D eigenvalue weighted by Crippen LogP contribution is -2.32. The Kier molecular flexibility index (Phi) is 4.94. The van der Waals surface area contributed by atoms with E-state index in [1.54, 1.807) is 0 Å². The Morgan fingerprint density at radius 3 is 2.62 bits per heavy atom. The van der Waals surface area contributed by atoms with Gasteiger partial charge in [-0.1, -0.05) is 50.1 Å². The first-order chi connectivity index (χ1) is 12.5. The van der Waals surface area contributed by atoms with Crippen molar-refractivity contribution in [1.82, 2.24) is 14.9 Å². The van der Waals surface area contributed by atoms with Crippen molar-refractivity contribution in [1.29, 1.82) is 0 Å². The zero-order valence-electron chi connectivity index (χ0n) is 14.8. The van der Waals surface area contributed by atoms with Gasteiger partial charge in [-0.25, -0.2) is 9.78 Å². The van der Waals surface area contributed by atoms with Gasteiger partial charge in [0.05, 0.1) is 17.1 Å². The van der Waals surface area contributed by atoms with Gasteiger partial charge in [0.2, 0.25) is 0 Å². The number of amides is 1. The number of carbonyl (C=O) groups is 1. The first-order valence-electron chi connectivity index (χ1n) is 8.49. The lowest BCUT2D eigenvalue weighted by atomic mass is 10.0. The Morgan fingerprint density at radius 1 is 1.27 bits per heavy atom. The van der Waals surface area contributed by atoms with Gasteiger partial charge >= 0.3 is 6.09 Å². The molecule has 0 spiro atoms. The number of hydrogen-bond donors (Lipinski definition) is 2. The molecule has 132 valence electrons. The van der Waals surface area contributed by atoms with Crippen molar-refractivity contribution in [2.75, 3.05) is 0 Å². The van der Waals surface area contributed by atoms with Crippen molar-refractivity contribution in [2.24, 2.45) is 5.92 Å². The molecule has 0 bridgehead atoms. The number of carboxylic acid groups (broad SMARTS) is 1. The van der Waals surface area contributed by atoms with Crippen LogP contribution in [0.1, 0.15) is 36.8 Å². The quantitative estimate of drug-likeness (QED) is 0.685. The summed E-state index contributed by atoms with van der Waals surface area (Å²) in [5, 5.41) is 11.9. The van der Waals surface area contributed by atoms with Crippen LogP contribution in [0.25, 0.3) is 11.0 Å². The summed E-state index contributed by atoms with van der Waals surface area (Å²) < 4.78 is 2.06. The fraction of sp³-hybridized carbons (Fsp3) is 0.238. The Labute approximate surface area is 152 Å². The van der Waals surface area contributed by atoms with E-state index in [-0.39, 0.29) is 5.92 Å². The molecule has 1 aromatic heterocycles. The van der Waals surface area contributed by atoms with Crippen LogP contribution in [0.2, 0.25) is 0 Å². The van der Waals surface area contributed by atoms with Crippen LogP contribution < -0.4 is 5.32 Å². The summed E-state index contributed by atoms with van der Waals surface area (Å²) in [4.78, 5) is 16.0. The smallest absolute Gasteiger partial charge is 0.405 e. The zero-order valence-corrected chi connectivity index (χ0v) is 14.8. The number of fused-ring (bicyclic) bond motifs is 1. The van der Waals surface area contributed by atoms with Gasteiger partial charge in [-0.05, 0) is 29.7 Å². The Morgan fingerprint density at radius 2 is 2.00 bits per heavy atom. The number of hydrogen-bond acceptors (Lipinski definition) is 2. The minimum atomic E-state index is -1.06. The lowest BCUT2D eigenvalue weighted by Gasteiger charge is -2.22. The summed E-state index contributed by atoms with van der Waals surface area (Å²) in [6, 6.07) is 15.3. The molecule has 0 aliphatic carbocycles. The van der Waals surface area contributed by atoms with Crippen molar-refractivity contribution in [3.8, 4) is 12.3 Å². The second kappa shape index (κ2) is 7.32. The number of nitrogens with one attached hydrogen (secondary N) is 1. The van der Waals surface area contributed by atoms with Gasteiger partial charge < -0.3 is 15.0 Å². The predicted octanol–water partition coefficient (Wildman–Crippen LogP) is 4.03. The van der Waals surface area contributed by atoms with Crippen molar-refractivity contribution >= 4 is 17.1 Å². The molecule has 0 aliphatic rings. The van der Waals surface area contributed by atoms with E-state index in [1.165, 1.54) is 0 Å². The topological polar surface area (TPSA) is 67.2 Å². The summed E-state index contributed by atoms with van der Waals surface area (Å²) in [6.07, 6.45) is 4.44. The Hall–Kier alpha value is -3.26. The van der Waals surface area contributed by atoms with E-state index in [0.29, 0.717) is 12.4 Å². The highest BCUT2D eigenvalue weighted by Crippen LogP contribution is 2.27. The molecule has 1 amide bonds. The number of imidazole rings is 1. The fourth-order valence-corrected chi connectivity index (χ4v) is 3.07. The van der Waals surface area contributed by atoms with E-state index in [1.807, 2.05) is 62.4 Å². The van der Waals surface area contributed by atoms with Crippen LogP contribution >= 0.6 is 0 Å². The van der Waals surface area contributed by atoms with Crippen LogP contribution in [0.4, 0.5) is 4.79 Å². The molecule has 2 N–H and O–H groups in total. The van der Waals surface area contributed by atoms with Crippen molar-refractivity contribution in [3.05, 3.63) is 65.5 Å². The molecule has 0 fully saturated rings. The van der Waals surface area contributed by atoms with E-state index in [9.17, 15) is 9.90 Å². The van der Waals surface area contributed by atoms with Gasteiger partial charge in [0.25, 0.3) is 0 Å². The van der Waals surface area contributed by atoms with Crippen LogP contribution in [0, 0.1) is 18.3 Å². The molecule has 0 aliphatic heterocycles. The number of rotatable bonds is 5. The Balaban J connectivity index is 2.17. The number of aromatic nitrogens is 2. The summed E-state index contributed by atoms with van der Waals surface area (Å²) in [5.41, 5.74) is 3.57. The van der Waals surface area contributed by atoms with Crippen molar-refractivity contribution in [2.45, 2.75) is 26.4 Å². The normalized spacial score (nSPS) is 12.1. The van der Waals surface area contributed by atoms with Gasteiger partial charge in [-0.3, -0.25) is 0 Å². The van der Waals surface area contributed by atoms with E-state index in [2.05, 4.69) is 15.8 Å². The molecule has 5 nitrogen and oxygen atoms in total. The van der Waals surface area contributed by atoms with Crippen molar-refractivity contribution in [3.63, 3.8) is 0 Å². The minimum absolute atomic E-state index is 0.0459. The maximum Gasteiger partial charge on any atom is 0.405 e. The molecule has 3 rings (SSSR count). The van der Waals surface area contributed by atoms with Gasteiger partial charge in [0, 0.05) is 12.1 Å². The van der Waals surface area contributed by atoms with Crippen LogP contribution in [0.5, 0.6) is 0 Å². The Bertz CT molecular complexity index is 968. The second-order valence-corrected chi connectivity index (χ2v) is 6.56. The highest BCUT2D eigenvalue weighted by Gasteiger charge is 2.25. The molecule has 1 unspecified atom stereocenters. The molecular weight excluding hydrogens is 326 g/mol. The van der Waals surface area contributed by atoms with Gasteiger partial charge in [-0.15, -0.1) is 6.42 Å².